The van der Waals surface area contributed by atoms with Gasteiger partial charge in [-0.15, -0.1) is 0 Å². The van der Waals surface area contributed by atoms with Crippen LogP contribution in [0.2, 0.25) is 0 Å². The first-order valence-corrected chi connectivity index (χ1v) is 8.83. The SMILES string of the molecule is CCNc1cc(CNC(=O)c2ccc(N3CC(OC)C3)cc2)nc(C)n1. The zero-order valence-electron chi connectivity index (χ0n) is 15.5. The highest BCUT2D eigenvalue weighted by atomic mass is 16.5. The Kier molecular flexibility index (Phi) is 5.68. The Labute approximate surface area is 153 Å². The third-order valence-electron chi connectivity index (χ3n) is 4.35. The van der Waals surface area contributed by atoms with Crippen molar-refractivity contribution in [3.05, 3.63) is 47.4 Å². The lowest BCUT2D eigenvalue weighted by Gasteiger charge is -2.40. The van der Waals surface area contributed by atoms with E-state index in [0.29, 0.717) is 24.0 Å². The quantitative estimate of drug-likeness (QED) is 0.791. The fraction of sp³-hybridized carbons (Fsp3) is 0.421. The first-order chi connectivity index (χ1) is 12.6. The number of rotatable bonds is 7. The van der Waals surface area contributed by atoms with Crippen LogP contribution in [-0.4, -0.2) is 48.7 Å². The Bertz CT molecular complexity index is 757. The van der Waals surface area contributed by atoms with Gasteiger partial charge in [0.15, 0.2) is 0 Å². The summed E-state index contributed by atoms with van der Waals surface area (Å²) in [6, 6.07) is 9.49. The molecule has 1 fully saturated rings. The molecule has 1 aromatic carbocycles. The largest absolute Gasteiger partial charge is 0.378 e. The Morgan fingerprint density at radius 1 is 1.27 bits per heavy atom. The molecule has 0 unspecified atom stereocenters. The molecule has 0 bridgehead atoms. The predicted molar refractivity (Wildman–Crippen MR) is 102 cm³/mol. The maximum Gasteiger partial charge on any atom is 0.251 e. The van der Waals surface area contributed by atoms with Crippen molar-refractivity contribution in [3.8, 4) is 0 Å². The van der Waals surface area contributed by atoms with Gasteiger partial charge in [0.1, 0.15) is 11.6 Å². The Morgan fingerprint density at radius 2 is 2.00 bits per heavy atom. The summed E-state index contributed by atoms with van der Waals surface area (Å²) in [6.07, 6.45) is 0.307. The minimum absolute atomic E-state index is 0.115. The number of nitrogens with zero attached hydrogens (tertiary/aromatic N) is 3. The van der Waals surface area contributed by atoms with E-state index in [4.69, 9.17) is 4.74 Å². The highest BCUT2D eigenvalue weighted by Gasteiger charge is 2.26. The molecular weight excluding hydrogens is 330 g/mol. The van der Waals surface area contributed by atoms with E-state index in [1.807, 2.05) is 44.2 Å². The number of methoxy groups -OCH3 is 1. The van der Waals surface area contributed by atoms with Crippen LogP contribution in [0.3, 0.4) is 0 Å². The monoisotopic (exact) mass is 355 g/mol. The lowest BCUT2D eigenvalue weighted by Crippen LogP contribution is -2.51. The predicted octanol–water partition coefficient (Wildman–Crippen LogP) is 1.98. The smallest absolute Gasteiger partial charge is 0.251 e. The van der Waals surface area contributed by atoms with Crippen LogP contribution in [0.25, 0.3) is 0 Å². The minimum Gasteiger partial charge on any atom is -0.378 e. The van der Waals surface area contributed by atoms with Gasteiger partial charge in [-0.05, 0) is 38.1 Å². The molecule has 2 aromatic rings. The molecule has 0 saturated carbocycles. The lowest BCUT2D eigenvalue weighted by atomic mass is 10.1. The Morgan fingerprint density at radius 3 is 2.65 bits per heavy atom. The van der Waals surface area contributed by atoms with Crippen molar-refractivity contribution in [1.29, 1.82) is 0 Å². The topological polar surface area (TPSA) is 79.4 Å². The van der Waals surface area contributed by atoms with E-state index in [2.05, 4.69) is 25.5 Å². The molecule has 1 aliphatic rings. The highest BCUT2D eigenvalue weighted by Crippen LogP contribution is 2.22. The number of hydrogen-bond acceptors (Lipinski definition) is 6. The summed E-state index contributed by atoms with van der Waals surface area (Å²) in [5.41, 5.74) is 2.52. The highest BCUT2D eigenvalue weighted by molar-refractivity contribution is 5.94. The normalized spacial score (nSPS) is 14.0. The van der Waals surface area contributed by atoms with Crippen LogP contribution < -0.4 is 15.5 Å². The number of aryl methyl sites for hydroxylation is 1. The molecule has 1 amide bonds. The molecule has 0 spiro atoms. The van der Waals surface area contributed by atoms with Crippen LogP contribution in [-0.2, 0) is 11.3 Å². The van der Waals surface area contributed by atoms with Gasteiger partial charge in [0.05, 0.1) is 18.3 Å². The number of benzene rings is 1. The van der Waals surface area contributed by atoms with Crippen molar-refractivity contribution in [1.82, 2.24) is 15.3 Å². The average molecular weight is 355 g/mol. The van der Waals surface area contributed by atoms with E-state index in [1.54, 1.807) is 7.11 Å². The molecule has 7 heteroatoms. The molecule has 0 aliphatic carbocycles. The number of anilines is 2. The zero-order valence-corrected chi connectivity index (χ0v) is 15.5. The summed E-state index contributed by atoms with van der Waals surface area (Å²) in [5, 5.41) is 6.08. The Hall–Kier alpha value is -2.67. The molecule has 2 heterocycles. The molecule has 0 atom stereocenters. The summed E-state index contributed by atoms with van der Waals surface area (Å²) in [4.78, 5) is 23.3. The number of amides is 1. The molecule has 7 nitrogen and oxygen atoms in total. The van der Waals surface area contributed by atoms with E-state index in [0.717, 1.165) is 36.8 Å². The average Bonchev–Trinajstić information content (AvgIpc) is 2.59. The van der Waals surface area contributed by atoms with Crippen molar-refractivity contribution < 1.29 is 9.53 Å². The standard InChI is InChI=1S/C19H25N5O2/c1-4-20-18-9-15(22-13(2)23-18)10-21-19(25)14-5-7-16(8-6-14)24-11-17(12-24)26-3/h5-9,17H,4,10-12H2,1-3H3,(H,21,25)(H,20,22,23). The molecule has 1 aromatic heterocycles. The summed E-state index contributed by atoms with van der Waals surface area (Å²) in [6.45, 7) is 6.79. The molecule has 0 radical (unpaired) electrons. The summed E-state index contributed by atoms with van der Waals surface area (Å²) < 4.78 is 5.29. The van der Waals surface area contributed by atoms with Gasteiger partial charge in [0.25, 0.3) is 5.91 Å². The van der Waals surface area contributed by atoms with Crippen LogP contribution in [0, 0.1) is 6.92 Å². The molecule has 26 heavy (non-hydrogen) atoms. The van der Waals surface area contributed by atoms with E-state index in [1.165, 1.54) is 0 Å². The number of hydrogen-bond donors (Lipinski definition) is 2. The van der Waals surface area contributed by atoms with Crippen molar-refractivity contribution in [3.63, 3.8) is 0 Å². The maximum absolute atomic E-state index is 12.4. The van der Waals surface area contributed by atoms with Crippen molar-refractivity contribution in [2.45, 2.75) is 26.5 Å². The van der Waals surface area contributed by atoms with Crippen molar-refractivity contribution in [2.75, 3.05) is 37.0 Å². The van der Waals surface area contributed by atoms with Gasteiger partial charge >= 0.3 is 0 Å². The van der Waals surface area contributed by atoms with Gasteiger partial charge in [-0.25, -0.2) is 9.97 Å². The van der Waals surface area contributed by atoms with Crippen molar-refractivity contribution in [2.24, 2.45) is 0 Å². The third-order valence-corrected chi connectivity index (χ3v) is 4.35. The number of carbonyl (C=O) groups excluding carboxylic acids is 1. The van der Waals surface area contributed by atoms with E-state index in [9.17, 15) is 4.79 Å². The summed E-state index contributed by atoms with van der Waals surface area (Å²) in [5.74, 6) is 1.34. The fourth-order valence-corrected chi connectivity index (χ4v) is 2.89. The van der Waals surface area contributed by atoms with E-state index in [-0.39, 0.29) is 5.91 Å². The molecule has 138 valence electrons. The first kappa shape index (κ1) is 18.1. The molecule has 1 saturated heterocycles. The van der Waals surface area contributed by atoms with Crippen LogP contribution >= 0.6 is 0 Å². The third kappa shape index (κ3) is 4.29. The first-order valence-electron chi connectivity index (χ1n) is 8.83. The van der Waals surface area contributed by atoms with E-state index >= 15 is 0 Å². The van der Waals surface area contributed by atoms with E-state index < -0.39 is 0 Å². The second-order valence-electron chi connectivity index (χ2n) is 6.31. The number of aromatic nitrogens is 2. The van der Waals surface area contributed by atoms with Crippen molar-refractivity contribution >= 4 is 17.4 Å². The maximum atomic E-state index is 12.4. The molecule has 2 N–H and O–H groups in total. The van der Waals surface area contributed by atoms with Gasteiger partial charge in [-0.2, -0.15) is 0 Å². The lowest BCUT2D eigenvalue weighted by molar-refractivity contribution is 0.0787. The van der Waals surface area contributed by atoms with Crippen LogP contribution in [0.15, 0.2) is 30.3 Å². The van der Waals surface area contributed by atoms with Gasteiger partial charge < -0.3 is 20.3 Å². The molecule has 3 rings (SSSR count). The van der Waals surface area contributed by atoms with Gasteiger partial charge in [-0.3, -0.25) is 4.79 Å². The zero-order chi connectivity index (χ0) is 18.5. The second-order valence-corrected chi connectivity index (χ2v) is 6.31. The number of ether oxygens (including phenoxy) is 1. The van der Waals surface area contributed by atoms with Crippen LogP contribution in [0.4, 0.5) is 11.5 Å². The van der Waals surface area contributed by atoms with Crippen LogP contribution in [0.1, 0.15) is 28.8 Å². The van der Waals surface area contributed by atoms with Crippen LogP contribution in [0.5, 0.6) is 0 Å². The Balaban J connectivity index is 1.57. The van der Waals surface area contributed by atoms with Gasteiger partial charge in [0.2, 0.25) is 0 Å². The fourth-order valence-electron chi connectivity index (χ4n) is 2.89. The minimum atomic E-state index is -0.115. The van der Waals surface area contributed by atoms with Gasteiger partial charge in [0, 0.05) is 44.1 Å². The number of nitrogens with one attached hydrogen (secondary N) is 2. The summed E-state index contributed by atoms with van der Waals surface area (Å²) >= 11 is 0. The molecule has 1 aliphatic heterocycles. The summed E-state index contributed by atoms with van der Waals surface area (Å²) in [7, 11) is 1.73. The molecular formula is C19H25N5O2. The number of carbonyl (C=O) groups is 1. The second kappa shape index (κ2) is 8.14. The van der Waals surface area contributed by atoms with Gasteiger partial charge in [-0.1, -0.05) is 0 Å².